The number of carbonyl (C=O) groups excluding carboxylic acids is 1. The zero-order valence-electron chi connectivity index (χ0n) is 9.57. The second-order valence-corrected chi connectivity index (χ2v) is 3.47. The van der Waals surface area contributed by atoms with E-state index in [1.807, 2.05) is 24.1 Å². The van der Waals surface area contributed by atoms with Crippen LogP contribution in [0.15, 0.2) is 24.3 Å². The zero-order valence-corrected chi connectivity index (χ0v) is 9.57. The average molecular weight is 225 g/mol. The number of anilines is 1. The van der Waals surface area contributed by atoms with Crippen LogP contribution in [-0.2, 0) is 4.74 Å². The van der Waals surface area contributed by atoms with Crippen LogP contribution in [0.4, 0.5) is 10.1 Å². The minimum Gasteiger partial charge on any atom is -0.465 e. The summed E-state index contributed by atoms with van der Waals surface area (Å²) in [6.07, 6.45) is 0.450. The second-order valence-electron chi connectivity index (χ2n) is 3.47. The predicted octanol–water partition coefficient (Wildman–Crippen LogP) is 2.27. The van der Waals surface area contributed by atoms with E-state index in [1.165, 1.54) is 7.11 Å². The van der Waals surface area contributed by atoms with Gasteiger partial charge in [-0.1, -0.05) is 12.1 Å². The highest BCUT2D eigenvalue weighted by Gasteiger charge is 2.13. The Labute approximate surface area is 94.8 Å². The van der Waals surface area contributed by atoms with Crippen LogP contribution in [0.25, 0.3) is 0 Å². The van der Waals surface area contributed by atoms with Crippen molar-refractivity contribution in [3.05, 3.63) is 29.8 Å². The number of hydrogen-bond donors (Lipinski definition) is 0. The molecule has 0 atom stereocenters. The molecular formula is C12H16FNO2. The highest BCUT2D eigenvalue weighted by Crippen LogP contribution is 2.19. The molecule has 0 amide bonds. The number of carbonyl (C=O) groups is 1. The molecule has 0 aromatic heterocycles. The van der Waals surface area contributed by atoms with Crippen LogP contribution in [-0.4, -0.2) is 33.3 Å². The Morgan fingerprint density at radius 2 is 2.12 bits per heavy atom. The summed E-state index contributed by atoms with van der Waals surface area (Å²) in [5.74, 6) is -0.373. The van der Waals surface area contributed by atoms with Crippen LogP contribution in [0.1, 0.15) is 16.8 Å². The minimum atomic E-state index is -0.373. The van der Waals surface area contributed by atoms with Crippen molar-refractivity contribution in [2.45, 2.75) is 6.42 Å². The Morgan fingerprint density at radius 3 is 2.75 bits per heavy atom. The van der Waals surface area contributed by atoms with E-state index in [-0.39, 0.29) is 12.6 Å². The number of hydrogen-bond acceptors (Lipinski definition) is 3. The number of para-hydroxylation sites is 1. The molecule has 16 heavy (non-hydrogen) atoms. The first-order valence-electron chi connectivity index (χ1n) is 5.15. The first-order chi connectivity index (χ1) is 7.70. The number of halogens is 1. The smallest absolute Gasteiger partial charge is 0.339 e. The quantitative estimate of drug-likeness (QED) is 0.720. The van der Waals surface area contributed by atoms with E-state index in [9.17, 15) is 9.18 Å². The molecule has 1 aromatic carbocycles. The van der Waals surface area contributed by atoms with Crippen molar-refractivity contribution in [3.8, 4) is 0 Å². The number of rotatable bonds is 5. The molecule has 1 rings (SSSR count). The van der Waals surface area contributed by atoms with Crippen LogP contribution < -0.4 is 4.90 Å². The maximum absolute atomic E-state index is 12.1. The summed E-state index contributed by atoms with van der Waals surface area (Å²) in [7, 11) is 3.18. The van der Waals surface area contributed by atoms with Gasteiger partial charge in [-0.3, -0.25) is 4.39 Å². The number of benzene rings is 1. The van der Waals surface area contributed by atoms with Gasteiger partial charge in [-0.05, 0) is 18.6 Å². The Morgan fingerprint density at radius 1 is 1.44 bits per heavy atom. The normalized spacial score (nSPS) is 9.94. The molecule has 3 nitrogen and oxygen atoms in total. The van der Waals surface area contributed by atoms with E-state index in [1.54, 1.807) is 12.1 Å². The van der Waals surface area contributed by atoms with Gasteiger partial charge < -0.3 is 9.64 Å². The maximum Gasteiger partial charge on any atom is 0.339 e. The lowest BCUT2D eigenvalue weighted by Crippen LogP contribution is -2.21. The van der Waals surface area contributed by atoms with E-state index in [0.717, 1.165) is 5.69 Å². The molecule has 0 aliphatic carbocycles. The molecule has 0 radical (unpaired) electrons. The Balaban J connectivity index is 2.89. The third-order valence-electron chi connectivity index (χ3n) is 2.35. The van der Waals surface area contributed by atoms with Crippen LogP contribution in [0.5, 0.6) is 0 Å². The third kappa shape index (κ3) is 2.95. The number of methoxy groups -OCH3 is 1. The molecule has 0 aliphatic heterocycles. The molecule has 0 bridgehead atoms. The van der Waals surface area contributed by atoms with Crippen molar-refractivity contribution in [3.63, 3.8) is 0 Å². The van der Waals surface area contributed by atoms with Crippen LogP contribution in [0.2, 0.25) is 0 Å². The lowest BCUT2D eigenvalue weighted by atomic mass is 10.1. The monoisotopic (exact) mass is 225 g/mol. The molecule has 4 heteroatoms. The maximum atomic E-state index is 12.1. The SMILES string of the molecule is COC(=O)c1ccccc1N(C)CCCF. The fourth-order valence-corrected chi connectivity index (χ4v) is 1.51. The summed E-state index contributed by atoms with van der Waals surface area (Å²) in [5.41, 5.74) is 1.27. The van der Waals surface area contributed by atoms with E-state index in [4.69, 9.17) is 4.74 Å². The van der Waals surface area contributed by atoms with Crippen LogP contribution in [0.3, 0.4) is 0 Å². The summed E-state index contributed by atoms with van der Waals surface area (Å²) in [6, 6.07) is 7.14. The lowest BCUT2D eigenvalue weighted by Gasteiger charge is -2.20. The number of esters is 1. The summed E-state index contributed by atoms with van der Waals surface area (Å²) in [4.78, 5) is 13.3. The Hall–Kier alpha value is -1.58. The molecular weight excluding hydrogens is 209 g/mol. The van der Waals surface area contributed by atoms with Crippen molar-refractivity contribution in [2.24, 2.45) is 0 Å². The third-order valence-corrected chi connectivity index (χ3v) is 2.35. The molecule has 88 valence electrons. The summed E-state index contributed by atoms with van der Waals surface area (Å²) in [6.45, 7) is 0.217. The lowest BCUT2D eigenvalue weighted by molar-refractivity contribution is 0.0601. The van der Waals surface area contributed by atoms with Crippen LogP contribution >= 0.6 is 0 Å². The van der Waals surface area contributed by atoms with Gasteiger partial charge in [-0.15, -0.1) is 0 Å². The fourth-order valence-electron chi connectivity index (χ4n) is 1.51. The second kappa shape index (κ2) is 6.10. The van der Waals surface area contributed by atoms with Gasteiger partial charge in [0.25, 0.3) is 0 Å². The molecule has 0 spiro atoms. The van der Waals surface area contributed by atoms with Gasteiger partial charge in [0, 0.05) is 13.6 Å². The van der Waals surface area contributed by atoms with E-state index in [2.05, 4.69) is 0 Å². The van der Waals surface area contributed by atoms with E-state index < -0.39 is 0 Å². The van der Waals surface area contributed by atoms with Gasteiger partial charge in [0.2, 0.25) is 0 Å². The van der Waals surface area contributed by atoms with Gasteiger partial charge in [-0.25, -0.2) is 4.79 Å². The van der Waals surface area contributed by atoms with Crippen molar-refractivity contribution < 1.29 is 13.9 Å². The molecule has 0 aliphatic rings. The molecule has 1 aromatic rings. The molecule has 0 saturated heterocycles. The van der Waals surface area contributed by atoms with Gasteiger partial charge in [-0.2, -0.15) is 0 Å². The van der Waals surface area contributed by atoms with Crippen molar-refractivity contribution in [1.29, 1.82) is 0 Å². The first-order valence-corrected chi connectivity index (χ1v) is 5.15. The van der Waals surface area contributed by atoms with Gasteiger partial charge in [0.05, 0.1) is 25.0 Å². The van der Waals surface area contributed by atoms with Crippen LogP contribution in [0, 0.1) is 0 Å². The molecule has 0 fully saturated rings. The first kappa shape index (κ1) is 12.5. The fraction of sp³-hybridized carbons (Fsp3) is 0.417. The minimum absolute atomic E-state index is 0.356. The Bertz CT molecular complexity index is 355. The van der Waals surface area contributed by atoms with E-state index >= 15 is 0 Å². The molecule has 0 N–H and O–H groups in total. The largest absolute Gasteiger partial charge is 0.465 e. The molecule has 0 saturated carbocycles. The number of ether oxygens (including phenoxy) is 1. The Kier molecular flexibility index (Phi) is 4.76. The van der Waals surface area contributed by atoms with Crippen molar-refractivity contribution in [2.75, 3.05) is 32.3 Å². The molecule has 0 heterocycles. The topological polar surface area (TPSA) is 29.5 Å². The van der Waals surface area contributed by atoms with Crippen molar-refractivity contribution >= 4 is 11.7 Å². The van der Waals surface area contributed by atoms with Gasteiger partial charge in [0.15, 0.2) is 0 Å². The standard InChI is InChI=1S/C12H16FNO2/c1-14(9-5-8-13)11-7-4-3-6-10(11)12(15)16-2/h3-4,6-7H,5,8-9H2,1-2H3. The summed E-state index contributed by atoms with van der Waals surface area (Å²) < 4.78 is 16.8. The highest BCUT2D eigenvalue weighted by atomic mass is 19.1. The number of alkyl halides is 1. The number of nitrogens with zero attached hydrogens (tertiary/aromatic N) is 1. The van der Waals surface area contributed by atoms with Gasteiger partial charge >= 0.3 is 5.97 Å². The summed E-state index contributed by atoms with van der Waals surface area (Å²) >= 11 is 0. The average Bonchev–Trinajstić information content (AvgIpc) is 2.35. The van der Waals surface area contributed by atoms with Gasteiger partial charge in [0.1, 0.15) is 0 Å². The predicted molar refractivity (Wildman–Crippen MR) is 61.6 cm³/mol. The van der Waals surface area contributed by atoms with Crippen molar-refractivity contribution in [1.82, 2.24) is 0 Å². The zero-order chi connectivity index (χ0) is 12.0. The highest BCUT2D eigenvalue weighted by molar-refractivity contribution is 5.95. The van der Waals surface area contributed by atoms with E-state index in [0.29, 0.717) is 18.5 Å². The summed E-state index contributed by atoms with van der Waals surface area (Å²) in [5, 5.41) is 0. The molecule has 0 unspecified atom stereocenters.